The molecule has 21 heavy (non-hydrogen) atoms. The maximum atomic E-state index is 12.3. The first-order valence-electron chi connectivity index (χ1n) is 6.82. The van der Waals surface area contributed by atoms with Gasteiger partial charge in [0.25, 0.3) is 0 Å². The van der Waals surface area contributed by atoms with Crippen LogP contribution in [-0.4, -0.2) is 22.9 Å². The van der Waals surface area contributed by atoms with Gasteiger partial charge in [0, 0.05) is 11.3 Å². The molecule has 1 aromatic rings. The lowest BCUT2D eigenvalue weighted by Gasteiger charge is -2.15. The lowest BCUT2D eigenvalue weighted by molar-refractivity contribution is -0.145. The largest absolute Gasteiger partial charge is 0.481 e. The number of carbonyl (C=O) groups is 3. The summed E-state index contributed by atoms with van der Waals surface area (Å²) in [6.45, 7) is 1.94. The lowest BCUT2D eigenvalue weighted by Crippen LogP contribution is -2.30. The number of anilines is 1. The van der Waals surface area contributed by atoms with Gasteiger partial charge < -0.3 is 16.2 Å². The van der Waals surface area contributed by atoms with Crippen molar-refractivity contribution in [3.63, 3.8) is 0 Å². The Labute approximate surface area is 122 Å². The molecule has 0 bridgehead atoms. The van der Waals surface area contributed by atoms with Gasteiger partial charge in [-0.15, -0.1) is 0 Å². The Morgan fingerprint density at radius 2 is 1.90 bits per heavy atom. The molecule has 0 spiro atoms. The Morgan fingerprint density at radius 1 is 1.24 bits per heavy atom. The maximum Gasteiger partial charge on any atom is 0.307 e. The third kappa shape index (κ3) is 3.39. The monoisotopic (exact) mass is 290 g/mol. The van der Waals surface area contributed by atoms with Gasteiger partial charge in [-0.05, 0) is 37.0 Å². The van der Waals surface area contributed by atoms with E-state index in [2.05, 4.69) is 5.32 Å². The summed E-state index contributed by atoms with van der Waals surface area (Å²) < 4.78 is 0. The Kier molecular flexibility index (Phi) is 4.26. The van der Waals surface area contributed by atoms with Crippen LogP contribution in [0.4, 0.5) is 5.69 Å². The van der Waals surface area contributed by atoms with Gasteiger partial charge in [-0.2, -0.15) is 0 Å². The minimum Gasteiger partial charge on any atom is -0.481 e. The fraction of sp³-hybridized carbons (Fsp3) is 0.400. The molecule has 6 nitrogen and oxygen atoms in total. The molecule has 1 aromatic carbocycles. The van der Waals surface area contributed by atoms with E-state index in [1.165, 1.54) is 6.07 Å². The van der Waals surface area contributed by atoms with Crippen LogP contribution < -0.4 is 11.1 Å². The molecule has 0 saturated heterocycles. The summed E-state index contributed by atoms with van der Waals surface area (Å²) in [5.74, 6) is -2.84. The number of carboxylic acids is 1. The van der Waals surface area contributed by atoms with Gasteiger partial charge in [-0.25, -0.2) is 0 Å². The molecular weight excluding hydrogens is 272 g/mol. The zero-order valence-corrected chi connectivity index (χ0v) is 11.7. The van der Waals surface area contributed by atoms with Crippen LogP contribution in [-0.2, 0) is 9.59 Å². The summed E-state index contributed by atoms with van der Waals surface area (Å²) in [6.07, 6.45) is 1.06. The van der Waals surface area contributed by atoms with E-state index >= 15 is 0 Å². The molecule has 1 aliphatic rings. The number of carbonyl (C=O) groups excluding carboxylic acids is 2. The molecule has 1 unspecified atom stereocenters. The molecule has 2 rings (SSSR count). The van der Waals surface area contributed by atoms with E-state index in [9.17, 15) is 19.5 Å². The Balaban J connectivity index is 2.12. The number of amides is 2. The highest BCUT2D eigenvalue weighted by atomic mass is 16.4. The first-order valence-corrected chi connectivity index (χ1v) is 6.82. The van der Waals surface area contributed by atoms with E-state index in [-0.39, 0.29) is 11.8 Å². The molecule has 1 fully saturated rings. The zero-order valence-electron chi connectivity index (χ0n) is 11.7. The smallest absolute Gasteiger partial charge is 0.307 e. The van der Waals surface area contributed by atoms with Crippen LogP contribution in [0.25, 0.3) is 0 Å². The molecule has 2 amide bonds. The Bertz CT molecular complexity index is 585. The van der Waals surface area contributed by atoms with Gasteiger partial charge >= 0.3 is 5.97 Å². The highest BCUT2D eigenvalue weighted by Crippen LogP contribution is 2.37. The second-order valence-corrected chi connectivity index (χ2v) is 5.56. The van der Waals surface area contributed by atoms with Crippen LogP contribution in [0, 0.1) is 17.8 Å². The van der Waals surface area contributed by atoms with Gasteiger partial charge in [0.05, 0.1) is 11.8 Å². The standard InChI is InChI=1S/C15H18N2O4/c1-8-5-11(12(6-8)15(20)21)14(19)17-10-4-2-3-9(7-10)13(16)18/h2-4,7-8,11-12H,5-6H2,1H3,(H2,16,18)(H,17,19)(H,20,21)/t8?,11-,12+/m0/s1. The number of hydrogen-bond donors (Lipinski definition) is 3. The SMILES string of the molecule is CC1C[C@H](C(=O)Nc2cccc(C(N)=O)c2)[C@H](C(=O)O)C1. The molecule has 4 N–H and O–H groups in total. The Morgan fingerprint density at radius 3 is 2.52 bits per heavy atom. The molecular formula is C15H18N2O4. The fourth-order valence-electron chi connectivity index (χ4n) is 2.84. The van der Waals surface area contributed by atoms with E-state index < -0.39 is 23.7 Å². The first kappa shape index (κ1) is 15.0. The fourth-order valence-corrected chi connectivity index (χ4v) is 2.84. The molecule has 0 aliphatic heterocycles. The average Bonchev–Trinajstić information content (AvgIpc) is 2.81. The summed E-state index contributed by atoms with van der Waals surface area (Å²) in [4.78, 5) is 34.6. The summed E-state index contributed by atoms with van der Waals surface area (Å²) in [5.41, 5.74) is 5.92. The van der Waals surface area contributed by atoms with Crippen LogP contribution in [0.5, 0.6) is 0 Å². The minimum absolute atomic E-state index is 0.207. The third-order valence-electron chi connectivity index (χ3n) is 3.87. The summed E-state index contributed by atoms with van der Waals surface area (Å²) in [6, 6.07) is 6.28. The molecule has 3 atom stereocenters. The normalized spacial score (nSPS) is 24.5. The van der Waals surface area contributed by atoms with Gasteiger partial charge in [-0.3, -0.25) is 14.4 Å². The molecule has 112 valence electrons. The number of hydrogen-bond acceptors (Lipinski definition) is 3. The predicted octanol–water partition coefficient (Wildman–Crippen LogP) is 1.47. The molecule has 1 saturated carbocycles. The van der Waals surface area contributed by atoms with Crippen molar-refractivity contribution in [1.29, 1.82) is 0 Å². The first-order chi connectivity index (χ1) is 9.88. The van der Waals surface area contributed by atoms with Crippen LogP contribution in [0.15, 0.2) is 24.3 Å². The predicted molar refractivity (Wildman–Crippen MR) is 76.6 cm³/mol. The van der Waals surface area contributed by atoms with Gasteiger partial charge in [0.15, 0.2) is 0 Å². The molecule has 0 aromatic heterocycles. The van der Waals surface area contributed by atoms with E-state index in [0.717, 1.165) is 0 Å². The minimum atomic E-state index is -0.939. The van der Waals surface area contributed by atoms with E-state index in [4.69, 9.17) is 5.73 Å². The topological polar surface area (TPSA) is 109 Å². The van der Waals surface area contributed by atoms with Crippen molar-refractivity contribution in [2.75, 3.05) is 5.32 Å². The number of benzene rings is 1. The summed E-state index contributed by atoms with van der Waals surface area (Å²) >= 11 is 0. The lowest BCUT2D eigenvalue weighted by atomic mass is 9.95. The van der Waals surface area contributed by atoms with Crippen molar-refractivity contribution in [2.45, 2.75) is 19.8 Å². The molecule has 1 aliphatic carbocycles. The molecule has 0 heterocycles. The summed E-state index contributed by atoms with van der Waals surface area (Å²) in [5, 5.41) is 11.9. The van der Waals surface area contributed by atoms with Crippen LogP contribution in [0.3, 0.4) is 0 Å². The quantitative estimate of drug-likeness (QED) is 0.780. The second kappa shape index (κ2) is 5.95. The van der Waals surface area contributed by atoms with E-state index in [1.807, 2.05) is 6.92 Å². The molecule has 0 radical (unpaired) electrons. The number of rotatable bonds is 4. The van der Waals surface area contributed by atoms with Crippen molar-refractivity contribution in [3.05, 3.63) is 29.8 Å². The highest BCUT2D eigenvalue weighted by Gasteiger charge is 2.41. The van der Waals surface area contributed by atoms with Crippen LogP contribution in [0.2, 0.25) is 0 Å². The number of nitrogens with one attached hydrogen (secondary N) is 1. The van der Waals surface area contributed by atoms with Gasteiger partial charge in [0.2, 0.25) is 11.8 Å². The average molecular weight is 290 g/mol. The number of aliphatic carboxylic acids is 1. The second-order valence-electron chi connectivity index (χ2n) is 5.56. The molecule has 6 heteroatoms. The van der Waals surface area contributed by atoms with Crippen LogP contribution in [0.1, 0.15) is 30.1 Å². The van der Waals surface area contributed by atoms with Gasteiger partial charge in [-0.1, -0.05) is 13.0 Å². The zero-order chi connectivity index (χ0) is 15.6. The van der Waals surface area contributed by atoms with Crippen molar-refractivity contribution < 1.29 is 19.5 Å². The number of nitrogens with two attached hydrogens (primary N) is 1. The van der Waals surface area contributed by atoms with Crippen molar-refractivity contribution >= 4 is 23.5 Å². The van der Waals surface area contributed by atoms with E-state index in [1.54, 1.807) is 18.2 Å². The third-order valence-corrected chi connectivity index (χ3v) is 3.87. The Hall–Kier alpha value is -2.37. The highest BCUT2D eigenvalue weighted by molar-refractivity contribution is 5.98. The van der Waals surface area contributed by atoms with E-state index in [0.29, 0.717) is 24.1 Å². The van der Waals surface area contributed by atoms with Crippen molar-refractivity contribution in [1.82, 2.24) is 0 Å². The summed E-state index contributed by atoms with van der Waals surface area (Å²) in [7, 11) is 0. The van der Waals surface area contributed by atoms with Crippen LogP contribution >= 0.6 is 0 Å². The maximum absolute atomic E-state index is 12.3. The number of carboxylic acid groups (broad SMARTS) is 1. The van der Waals surface area contributed by atoms with Crippen molar-refractivity contribution in [3.8, 4) is 0 Å². The number of primary amides is 1. The van der Waals surface area contributed by atoms with Gasteiger partial charge in [0.1, 0.15) is 0 Å². The van der Waals surface area contributed by atoms with Crippen molar-refractivity contribution in [2.24, 2.45) is 23.5 Å².